The third kappa shape index (κ3) is 5.60. The largest absolute Gasteiger partial charge is 0.497 e. The van der Waals surface area contributed by atoms with Crippen molar-refractivity contribution in [2.45, 2.75) is 0 Å². The predicted octanol–water partition coefficient (Wildman–Crippen LogP) is 2.48. The quantitative estimate of drug-likeness (QED) is 0.427. The van der Waals surface area contributed by atoms with Crippen molar-refractivity contribution in [1.82, 2.24) is 9.97 Å². The molecule has 12 heteroatoms. The monoisotopic (exact) mass is 472 g/mol. The van der Waals surface area contributed by atoms with Crippen LogP contribution in [-0.4, -0.2) is 51.8 Å². The number of rotatable bonds is 9. The topological polar surface area (TPSA) is 149 Å². The maximum atomic E-state index is 12.0. The second-order valence-corrected chi connectivity index (χ2v) is 8.93. The fourth-order valence-electron chi connectivity index (χ4n) is 2.89. The van der Waals surface area contributed by atoms with E-state index in [9.17, 15) is 13.2 Å². The van der Waals surface area contributed by atoms with Crippen LogP contribution in [0.5, 0.6) is 11.5 Å². The number of nitrogens with one attached hydrogen (secondary N) is 2. The van der Waals surface area contributed by atoms with Gasteiger partial charge in [-0.05, 0) is 12.1 Å². The summed E-state index contributed by atoms with van der Waals surface area (Å²) >= 11 is 0. The zero-order valence-corrected chi connectivity index (χ0v) is 19.3. The number of para-hydroxylation sites is 2. The van der Waals surface area contributed by atoms with E-state index < -0.39 is 15.9 Å². The number of ether oxygens (including phenoxy) is 2. The average molecular weight is 473 g/mol. The molecule has 0 unspecified atom stereocenters. The van der Waals surface area contributed by atoms with Gasteiger partial charge in [0.1, 0.15) is 22.9 Å². The molecule has 0 bridgehead atoms. The summed E-state index contributed by atoms with van der Waals surface area (Å²) in [5.74, 6) is 0.625. The molecule has 0 saturated heterocycles. The maximum Gasteiger partial charge on any atom is 0.254 e. The summed E-state index contributed by atoms with van der Waals surface area (Å²) in [6.07, 6.45) is 2.37. The van der Waals surface area contributed by atoms with Gasteiger partial charge in [-0.15, -0.1) is 0 Å². The molecule has 0 aliphatic rings. The highest BCUT2D eigenvalue weighted by Crippen LogP contribution is 2.31. The third-order valence-corrected chi connectivity index (χ3v) is 5.85. The van der Waals surface area contributed by atoms with Gasteiger partial charge >= 0.3 is 0 Å². The molecular weight excluding hydrogens is 448 g/mol. The number of nitrogens with zero attached hydrogens (tertiary/aromatic N) is 3. The lowest BCUT2D eigenvalue weighted by atomic mass is 10.2. The van der Waals surface area contributed by atoms with Crippen LogP contribution in [0.3, 0.4) is 0 Å². The van der Waals surface area contributed by atoms with Gasteiger partial charge in [-0.2, -0.15) is 4.98 Å². The van der Waals surface area contributed by atoms with E-state index in [1.165, 1.54) is 27.5 Å². The van der Waals surface area contributed by atoms with Gasteiger partial charge in [0.15, 0.2) is 0 Å². The van der Waals surface area contributed by atoms with E-state index in [1.54, 1.807) is 42.5 Å². The van der Waals surface area contributed by atoms with Crippen molar-refractivity contribution in [1.29, 1.82) is 0 Å². The highest BCUT2D eigenvalue weighted by molar-refractivity contribution is 7.92. The van der Waals surface area contributed by atoms with E-state index >= 15 is 0 Å². The fraction of sp³-hybridized carbons (Fsp3) is 0.190. The Morgan fingerprint density at radius 1 is 1.06 bits per heavy atom. The highest BCUT2D eigenvalue weighted by Gasteiger charge is 2.18. The van der Waals surface area contributed by atoms with Crippen LogP contribution >= 0.6 is 0 Å². The second-order valence-electron chi connectivity index (χ2n) is 6.92. The summed E-state index contributed by atoms with van der Waals surface area (Å²) in [6.45, 7) is 0. The lowest BCUT2D eigenvalue weighted by Crippen LogP contribution is -2.25. The molecule has 0 atom stereocenters. The number of anilines is 5. The van der Waals surface area contributed by atoms with E-state index in [-0.39, 0.29) is 17.3 Å². The van der Waals surface area contributed by atoms with Gasteiger partial charge in [-0.25, -0.2) is 13.4 Å². The second kappa shape index (κ2) is 9.61. The van der Waals surface area contributed by atoms with Crippen LogP contribution in [-0.2, 0) is 10.0 Å². The normalized spacial score (nSPS) is 10.9. The van der Waals surface area contributed by atoms with Crippen molar-refractivity contribution < 1.29 is 22.7 Å². The number of carbonyl (C=O) groups is 1. The van der Waals surface area contributed by atoms with Crippen LogP contribution in [0.2, 0.25) is 0 Å². The van der Waals surface area contributed by atoms with Crippen molar-refractivity contribution in [3.05, 3.63) is 54.2 Å². The van der Waals surface area contributed by atoms with Crippen molar-refractivity contribution >= 4 is 44.8 Å². The van der Waals surface area contributed by atoms with Gasteiger partial charge < -0.3 is 25.8 Å². The number of nitrogens with two attached hydrogens (primary N) is 1. The summed E-state index contributed by atoms with van der Waals surface area (Å²) in [4.78, 5) is 20.5. The Morgan fingerprint density at radius 3 is 2.27 bits per heavy atom. The van der Waals surface area contributed by atoms with Gasteiger partial charge in [0.2, 0.25) is 16.0 Å². The summed E-state index contributed by atoms with van der Waals surface area (Å²) < 4.78 is 35.7. The molecule has 0 aliphatic carbocycles. The SMILES string of the molecule is COc1cc(Nc2ncc(C(N)=O)c(Nc3ccccc3N(C)S(C)(=O)=O)n2)cc(OC)c1. The first-order valence-corrected chi connectivity index (χ1v) is 11.4. The zero-order valence-electron chi connectivity index (χ0n) is 18.5. The van der Waals surface area contributed by atoms with E-state index in [2.05, 4.69) is 20.6 Å². The Labute approximate surface area is 191 Å². The number of sulfonamides is 1. The minimum absolute atomic E-state index is 0.0283. The van der Waals surface area contributed by atoms with Gasteiger partial charge in [0.25, 0.3) is 5.91 Å². The molecule has 174 valence electrons. The average Bonchev–Trinajstić information content (AvgIpc) is 2.78. The summed E-state index contributed by atoms with van der Waals surface area (Å²) in [5.41, 5.74) is 6.87. The van der Waals surface area contributed by atoms with Crippen LogP contribution in [0.4, 0.5) is 28.8 Å². The predicted molar refractivity (Wildman–Crippen MR) is 126 cm³/mol. The molecule has 0 radical (unpaired) electrons. The number of hydrogen-bond acceptors (Lipinski definition) is 9. The standard InChI is InChI=1S/C21H24N6O5S/c1-27(33(4,29)30)18-8-6-5-7-17(18)25-20-16(19(22)28)12-23-21(26-20)24-13-9-14(31-2)11-15(10-13)32-3/h5-12H,1-4H3,(H2,22,28)(H2,23,24,25,26). The molecule has 1 aromatic heterocycles. The fourth-order valence-corrected chi connectivity index (χ4v) is 3.40. The molecule has 11 nitrogen and oxygen atoms in total. The first-order chi connectivity index (χ1) is 15.6. The number of carbonyl (C=O) groups excluding carboxylic acids is 1. The van der Waals surface area contributed by atoms with E-state index in [1.807, 2.05) is 0 Å². The molecule has 33 heavy (non-hydrogen) atoms. The number of aromatic nitrogens is 2. The third-order valence-electron chi connectivity index (χ3n) is 4.66. The highest BCUT2D eigenvalue weighted by atomic mass is 32.2. The summed E-state index contributed by atoms with van der Waals surface area (Å²) in [7, 11) is 0.961. The van der Waals surface area contributed by atoms with Crippen LogP contribution < -0.4 is 30.1 Å². The number of methoxy groups -OCH3 is 2. The summed E-state index contributed by atoms with van der Waals surface area (Å²) in [6, 6.07) is 11.8. The first kappa shape index (κ1) is 23.6. The van der Waals surface area contributed by atoms with Crippen molar-refractivity contribution in [3.63, 3.8) is 0 Å². The van der Waals surface area contributed by atoms with Crippen LogP contribution in [0.25, 0.3) is 0 Å². The number of amides is 1. The van der Waals surface area contributed by atoms with Gasteiger partial charge in [-0.1, -0.05) is 12.1 Å². The molecule has 0 spiro atoms. The number of primary amides is 1. The maximum absolute atomic E-state index is 12.0. The van der Waals surface area contributed by atoms with E-state index in [0.717, 1.165) is 10.6 Å². The van der Waals surface area contributed by atoms with E-state index in [4.69, 9.17) is 15.2 Å². The minimum Gasteiger partial charge on any atom is -0.497 e. The molecule has 0 aliphatic heterocycles. The number of benzene rings is 2. The molecule has 3 rings (SSSR count). The molecule has 0 fully saturated rings. The molecular formula is C21H24N6O5S. The smallest absolute Gasteiger partial charge is 0.254 e. The van der Waals surface area contributed by atoms with Gasteiger partial charge in [-0.3, -0.25) is 9.10 Å². The number of hydrogen-bond donors (Lipinski definition) is 3. The Balaban J connectivity index is 2.01. The van der Waals surface area contributed by atoms with Crippen molar-refractivity contribution in [3.8, 4) is 11.5 Å². The van der Waals surface area contributed by atoms with Crippen molar-refractivity contribution in [2.75, 3.05) is 42.5 Å². The van der Waals surface area contributed by atoms with E-state index in [0.29, 0.717) is 28.6 Å². The Kier molecular flexibility index (Phi) is 6.87. The Bertz CT molecular complexity index is 1260. The van der Waals surface area contributed by atoms with Crippen LogP contribution in [0.15, 0.2) is 48.7 Å². The molecule has 3 aromatic rings. The summed E-state index contributed by atoms with van der Waals surface area (Å²) in [5, 5.41) is 6.03. The Hall–Kier alpha value is -4.06. The lowest BCUT2D eigenvalue weighted by Gasteiger charge is -2.21. The lowest BCUT2D eigenvalue weighted by molar-refractivity contribution is 0.100. The van der Waals surface area contributed by atoms with Gasteiger partial charge in [0.05, 0.1) is 31.9 Å². The molecule has 1 heterocycles. The molecule has 1 amide bonds. The molecule has 4 N–H and O–H groups in total. The minimum atomic E-state index is -3.53. The van der Waals surface area contributed by atoms with Crippen molar-refractivity contribution in [2.24, 2.45) is 5.73 Å². The van der Waals surface area contributed by atoms with Crippen LogP contribution in [0, 0.1) is 0 Å². The molecule has 2 aromatic carbocycles. The molecule has 0 saturated carbocycles. The Morgan fingerprint density at radius 2 is 1.70 bits per heavy atom. The zero-order chi connectivity index (χ0) is 24.2. The first-order valence-electron chi connectivity index (χ1n) is 9.59. The van der Waals surface area contributed by atoms with Gasteiger partial charge in [0, 0.05) is 37.1 Å². The van der Waals surface area contributed by atoms with Crippen LogP contribution in [0.1, 0.15) is 10.4 Å².